The number of benzene rings is 1. The van der Waals surface area contributed by atoms with E-state index in [1.807, 2.05) is 44.9 Å². The van der Waals surface area contributed by atoms with Crippen molar-refractivity contribution in [2.75, 3.05) is 38.5 Å². The zero-order chi connectivity index (χ0) is 19.6. The minimum Gasteiger partial charge on any atom is -0.335 e. The van der Waals surface area contributed by atoms with Crippen molar-refractivity contribution < 1.29 is 9.59 Å². The third-order valence-electron chi connectivity index (χ3n) is 4.90. The summed E-state index contributed by atoms with van der Waals surface area (Å²) in [4.78, 5) is 33.8. The van der Waals surface area contributed by atoms with Gasteiger partial charge in [0.2, 0.25) is 0 Å². The van der Waals surface area contributed by atoms with Gasteiger partial charge in [-0.15, -0.1) is 0 Å². The SMILES string of the molecule is Cc1cc(C)c(C(=O)Nc2cccc(C(=O)N3CCN(C)CC3)n2)c(C)c1. The highest BCUT2D eigenvalue weighted by molar-refractivity contribution is 6.06. The molecule has 1 aromatic heterocycles. The van der Waals surface area contributed by atoms with Gasteiger partial charge in [-0.1, -0.05) is 23.8 Å². The van der Waals surface area contributed by atoms with Crippen LogP contribution >= 0.6 is 0 Å². The molecule has 0 atom stereocenters. The minimum atomic E-state index is -0.207. The van der Waals surface area contributed by atoms with Crippen LogP contribution in [0.1, 0.15) is 37.5 Å². The van der Waals surface area contributed by atoms with E-state index in [0.717, 1.165) is 29.8 Å². The van der Waals surface area contributed by atoms with Crippen LogP contribution in [0.4, 0.5) is 5.82 Å². The summed E-state index contributed by atoms with van der Waals surface area (Å²) in [6.45, 7) is 8.95. The lowest BCUT2D eigenvalue weighted by molar-refractivity contribution is 0.0658. The number of hydrogen-bond acceptors (Lipinski definition) is 4. The van der Waals surface area contributed by atoms with E-state index in [0.29, 0.717) is 30.2 Å². The van der Waals surface area contributed by atoms with Crippen LogP contribution in [-0.2, 0) is 0 Å². The van der Waals surface area contributed by atoms with Crippen molar-refractivity contribution in [3.05, 3.63) is 58.3 Å². The number of anilines is 1. The first-order chi connectivity index (χ1) is 12.8. The van der Waals surface area contributed by atoms with Crippen molar-refractivity contribution in [2.45, 2.75) is 20.8 Å². The van der Waals surface area contributed by atoms with Gasteiger partial charge in [-0.05, 0) is 51.1 Å². The lowest BCUT2D eigenvalue weighted by atomic mass is 9.99. The van der Waals surface area contributed by atoms with E-state index < -0.39 is 0 Å². The van der Waals surface area contributed by atoms with E-state index in [2.05, 4.69) is 15.2 Å². The Bertz CT molecular complexity index is 847. The Labute approximate surface area is 160 Å². The zero-order valence-electron chi connectivity index (χ0n) is 16.4. The lowest BCUT2D eigenvalue weighted by Gasteiger charge is -2.32. The number of pyridine rings is 1. The van der Waals surface area contributed by atoms with E-state index in [1.165, 1.54) is 0 Å². The Morgan fingerprint density at radius 2 is 1.63 bits per heavy atom. The van der Waals surface area contributed by atoms with Crippen molar-refractivity contribution >= 4 is 17.6 Å². The first-order valence-electron chi connectivity index (χ1n) is 9.19. The second-order valence-corrected chi connectivity index (χ2v) is 7.23. The molecule has 6 nitrogen and oxygen atoms in total. The van der Waals surface area contributed by atoms with Gasteiger partial charge in [-0.3, -0.25) is 9.59 Å². The molecule has 0 bridgehead atoms. The highest BCUT2D eigenvalue weighted by atomic mass is 16.2. The second kappa shape index (κ2) is 7.88. The number of amides is 2. The summed E-state index contributed by atoms with van der Waals surface area (Å²) in [5.41, 5.74) is 3.98. The lowest BCUT2D eigenvalue weighted by Crippen LogP contribution is -2.47. The fraction of sp³-hybridized carbons (Fsp3) is 0.381. The molecule has 27 heavy (non-hydrogen) atoms. The largest absolute Gasteiger partial charge is 0.335 e. The van der Waals surface area contributed by atoms with Crippen LogP contribution in [0.2, 0.25) is 0 Å². The Morgan fingerprint density at radius 3 is 2.26 bits per heavy atom. The quantitative estimate of drug-likeness (QED) is 0.907. The standard InChI is InChI=1S/C21H26N4O2/c1-14-12-15(2)19(16(3)13-14)20(26)23-18-7-5-6-17(22-18)21(27)25-10-8-24(4)9-11-25/h5-7,12-13H,8-11H2,1-4H3,(H,22,23,26). The number of likely N-dealkylation sites (N-methyl/N-ethyl adjacent to an activating group) is 1. The molecule has 2 aromatic rings. The van der Waals surface area contributed by atoms with E-state index in [-0.39, 0.29) is 11.8 Å². The fourth-order valence-corrected chi connectivity index (χ4v) is 3.51. The first kappa shape index (κ1) is 19.0. The summed E-state index contributed by atoms with van der Waals surface area (Å²) < 4.78 is 0. The number of carbonyl (C=O) groups excluding carboxylic acids is 2. The summed E-state index contributed by atoms with van der Waals surface area (Å²) in [7, 11) is 2.05. The molecule has 2 amide bonds. The molecule has 1 aliphatic heterocycles. The number of nitrogens with zero attached hydrogens (tertiary/aromatic N) is 3. The molecule has 1 saturated heterocycles. The minimum absolute atomic E-state index is 0.0955. The Kier molecular flexibility index (Phi) is 5.56. The van der Waals surface area contributed by atoms with E-state index >= 15 is 0 Å². The average Bonchev–Trinajstić information content (AvgIpc) is 2.61. The van der Waals surface area contributed by atoms with Gasteiger partial charge in [-0.2, -0.15) is 0 Å². The number of aromatic nitrogens is 1. The number of nitrogens with one attached hydrogen (secondary N) is 1. The fourth-order valence-electron chi connectivity index (χ4n) is 3.51. The van der Waals surface area contributed by atoms with Crippen LogP contribution in [0, 0.1) is 20.8 Å². The van der Waals surface area contributed by atoms with Crippen LogP contribution in [0.3, 0.4) is 0 Å². The van der Waals surface area contributed by atoms with E-state index in [4.69, 9.17) is 0 Å². The molecule has 6 heteroatoms. The molecule has 2 heterocycles. The number of hydrogen-bond donors (Lipinski definition) is 1. The number of carbonyl (C=O) groups is 2. The Morgan fingerprint density at radius 1 is 1.00 bits per heavy atom. The summed E-state index contributed by atoms with van der Waals surface area (Å²) in [6, 6.07) is 9.13. The van der Waals surface area contributed by atoms with Gasteiger partial charge in [0.15, 0.2) is 0 Å². The normalized spacial score (nSPS) is 14.9. The van der Waals surface area contributed by atoms with Crippen LogP contribution in [-0.4, -0.2) is 59.8 Å². The molecule has 0 spiro atoms. The zero-order valence-corrected chi connectivity index (χ0v) is 16.4. The van der Waals surface area contributed by atoms with E-state index in [9.17, 15) is 9.59 Å². The molecule has 0 unspecified atom stereocenters. The summed E-state index contributed by atoms with van der Waals surface area (Å²) in [5.74, 6) is 0.0861. The Hall–Kier alpha value is -2.73. The smallest absolute Gasteiger partial charge is 0.272 e. The predicted molar refractivity (Wildman–Crippen MR) is 106 cm³/mol. The average molecular weight is 366 g/mol. The summed E-state index contributed by atoms with van der Waals surface area (Å²) in [5, 5.41) is 2.84. The third-order valence-corrected chi connectivity index (χ3v) is 4.90. The molecule has 1 aromatic carbocycles. The maximum Gasteiger partial charge on any atom is 0.272 e. The molecule has 142 valence electrons. The van der Waals surface area contributed by atoms with Gasteiger partial charge >= 0.3 is 0 Å². The monoisotopic (exact) mass is 366 g/mol. The maximum absolute atomic E-state index is 12.7. The van der Waals surface area contributed by atoms with Gasteiger partial charge < -0.3 is 15.1 Å². The molecule has 1 N–H and O–H groups in total. The van der Waals surface area contributed by atoms with Gasteiger partial charge in [0.25, 0.3) is 11.8 Å². The molecule has 0 saturated carbocycles. The molecule has 1 fully saturated rings. The van der Waals surface area contributed by atoms with Crippen molar-refractivity contribution in [1.29, 1.82) is 0 Å². The van der Waals surface area contributed by atoms with Gasteiger partial charge in [0.05, 0.1) is 0 Å². The number of rotatable bonds is 3. The van der Waals surface area contributed by atoms with Crippen LogP contribution in [0.25, 0.3) is 0 Å². The highest BCUT2D eigenvalue weighted by Gasteiger charge is 2.22. The van der Waals surface area contributed by atoms with Crippen molar-refractivity contribution in [2.24, 2.45) is 0 Å². The molecule has 1 aliphatic rings. The van der Waals surface area contributed by atoms with Crippen LogP contribution in [0.15, 0.2) is 30.3 Å². The predicted octanol–water partition coefficient (Wildman–Crippen LogP) is 2.65. The van der Waals surface area contributed by atoms with Crippen molar-refractivity contribution in [3.8, 4) is 0 Å². The molecular formula is C21H26N4O2. The molecule has 0 aliphatic carbocycles. The van der Waals surface area contributed by atoms with Gasteiger partial charge in [0, 0.05) is 31.7 Å². The Balaban J connectivity index is 1.76. The molecular weight excluding hydrogens is 340 g/mol. The van der Waals surface area contributed by atoms with Gasteiger partial charge in [0.1, 0.15) is 11.5 Å². The maximum atomic E-state index is 12.7. The second-order valence-electron chi connectivity index (χ2n) is 7.23. The van der Waals surface area contributed by atoms with Crippen LogP contribution < -0.4 is 5.32 Å². The van der Waals surface area contributed by atoms with Crippen molar-refractivity contribution in [3.63, 3.8) is 0 Å². The van der Waals surface area contributed by atoms with E-state index in [1.54, 1.807) is 18.2 Å². The molecule has 3 rings (SSSR count). The van der Waals surface area contributed by atoms with Crippen LogP contribution in [0.5, 0.6) is 0 Å². The van der Waals surface area contributed by atoms with Crippen molar-refractivity contribution in [1.82, 2.24) is 14.8 Å². The van der Waals surface area contributed by atoms with Gasteiger partial charge in [-0.25, -0.2) is 4.98 Å². The summed E-state index contributed by atoms with van der Waals surface area (Å²) >= 11 is 0. The molecule has 0 radical (unpaired) electrons. The third kappa shape index (κ3) is 4.34. The topological polar surface area (TPSA) is 65.5 Å². The summed E-state index contributed by atoms with van der Waals surface area (Å²) in [6.07, 6.45) is 0. The number of aryl methyl sites for hydroxylation is 3. The number of piperazine rings is 1. The highest BCUT2D eigenvalue weighted by Crippen LogP contribution is 2.18. The first-order valence-corrected chi connectivity index (χ1v) is 9.19.